The largest absolute Gasteiger partial charge is 0.497 e. The Bertz CT molecular complexity index is 505. The lowest BCUT2D eigenvalue weighted by atomic mass is 10.0. The van der Waals surface area contributed by atoms with Crippen LogP contribution in [0.4, 0.5) is 0 Å². The van der Waals surface area contributed by atoms with Crippen LogP contribution in [0.1, 0.15) is 83.1 Å². The number of carbonyl (C=O) groups is 1. The maximum absolute atomic E-state index is 11.6. The normalized spacial score (nSPS) is 11.5. The summed E-state index contributed by atoms with van der Waals surface area (Å²) in [7, 11) is 1.64. The highest BCUT2D eigenvalue weighted by molar-refractivity contribution is 5.96. The summed E-state index contributed by atoms with van der Waals surface area (Å²) in [6.07, 6.45) is 15.6. The van der Waals surface area contributed by atoms with Crippen LogP contribution in [0.2, 0.25) is 0 Å². The number of carbonyl (C=O) groups excluding carboxylic acids is 1. The first-order valence-corrected chi connectivity index (χ1v) is 9.81. The van der Waals surface area contributed by atoms with E-state index in [2.05, 4.69) is 6.92 Å². The molecule has 0 aliphatic rings. The summed E-state index contributed by atoms with van der Waals surface area (Å²) in [5.74, 6) is 0.499. The number of amides is 1. The van der Waals surface area contributed by atoms with Gasteiger partial charge in [0.2, 0.25) is 5.91 Å². The molecule has 0 radical (unpaired) electrons. The van der Waals surface area contributed by atoms with Crippen molar-refractivity contribution < 1.29 is 9.53 Å². The molecule has 0 aliphatic carbocycles. The molecule has 2 N–H and O–H groups in total. The Morgan fingerprint density at radius 3 is 1.92 bits per heavy atom. The number of primary amides is 1. The molecule has 3 nitrogen and oxygen atoms in total. The fraction of sp³-hybridized carbons (Fsp3) is 0.591. The fourth-order valence-electron chi connectivity index (χ4n) is 2.97. The van der Waals surface area contributed by atoms with Crippen molar-refractivity contribution in [3.8, 4) is 5.75 Å². The van der Waals surface area contributed by atoms with Crippen LogP contribution in [0.25, 0.3) is 6.08 Å². The topological polar surface area (TPSA) is 52.3 Å². The summed E-state index contributed by atoms with van der Waals surface area (Å²) >= 11 is 0. The second-order valence-corrected chi connectivity index (χ2v) is 6.74. The fourth-order valence-corrected chi connectivity index (χ4v) is 2.97. The Hall–Kier alpha value is -1.77. The third-order valence-electron chi connectivity index (χ3n) is 4.57. The molecule has 0 fully saturated rings. The zero-order valence-corrected chi connectivity index (χ0v) is 16.1. The average Bonchev–Trinajstić information content (AvgIpc) is 2.62. The number of benzene rings is 1. The molecule has 25 heavy (non-hydrogen) atoms. The third kappa shape index (κ3) is 9.96. The number of ether oxygens (including phenoxy) is 1. The molecule has 1 aromatic carbocycles. The number of rotatable bonds is 14. The predicted molar refractivity (Wildman–Crippen MR) is 107 cm³/mol. The molecule has 0 spiro atoms. The zero-order chi connectivity index (χ0) is 18.3. The smallest absolute Gasteiger partial charge is 0.244 e. The second-order valence-electron chi connectivity index (χ2n) is 6.74. The molecule has 1 rings (SSSR count). The minimum atomic E-state index is -0.313. The second kappa shape index (κ2) is 13.5. The lowest BCUT2D eigenvalue weighted by molar-refractivity contribution is -0.114. The summed E-state index contributed by atoms with van der Waals surface area (Å²) in [5.41, 5.74) is 7.23. The monoisotopic (exact) mass is 345 g/mol. The SMILES string of the molecule is CCCCCCCCCCCCC(=Cc1ccc(OC)cc1)C(N)=O. The van der Waals surface area contributed by atoms with Gasteiger partial charge in [-0.1, -0.05) is 76.8 Å². The summed E-state index contributed by atoms with van der Waals surface area (Å²) in [4.78, 5) is 11.6. The van der Waals surface area contributed by atoms with Crippen LogP contribution in [-0.4, -0.2) is 13.0 Å². The van der Waals surface area contributed by atoms with Gasteiger partial charge in [0.1, 0.15) is 5.75 Å². The molecular formula is C22H35NO2. The number of unbranched alkanes of at least 4 members (excludes halogenated alkanes) is 9. The molecule has 140 valence electrons. The van der Waals surface area contributed by atoms with Crippen LogP contribution < -0.4 is 10.5 Å². The van der Waals surface area contributed by atoms with Gasteiger partial charge in [0.05, 0.1) is 7.11 Å². The zero-order valence-electron chi connectivity index (χ0n) is 16.1. The van der Waals surface area contributed by atoms with Crippen molar-refractivity contribution in [1.29, 1.82) is 0 Å². The summed E-state index contributed by atoms with van der Waals surface area (Å²) in [5, 5.41) is 0. The summed E-state index contributed by atoms with van der Waals surface area (Å²) < 4.78 is 5.15. The van der Waals surface area contributed by atoms with Crippen LogP contribution in [-0.2, 0) is 4.79 Å². The Morgan fingerprint density at radius 2 is 1.44 bits per heavy atom. The van der Waals surface area contributed by atoms with E-state index < -0.39 is 0 Å². The van der Waals surface area contributed by atoms with Crippen LogP contribution in [0, 0.1) is 0 Å². The lowest BCUT2D eigenvalue weighted by Crippen LogP contribution is -2.13. The quantitative estimate of drug-likeness (QED) is 0.338. The van der Waals surface area contributed by atoms with Gasteiger partial charge in [0.25, 0.3) is 0 Å². The van der Waals surface area contributed by atoms with Crippen molar-refractivity contribution in [3.05, 3.63) is 35.4 Å². The average molecular weight is 346 g/mol. The van der Waals surface area contributed by atoms with Gasteiger partial charge in [-0.15, -0.1) is 0 Å². The number of hydrogen-bond donors (Lipinski definition) is 1. The minimum Gasteiger partial charge on any atom is -0.497 e. The van der Waals surface area contributed by atoms with Gasteiger partial charge in [-0.05, 0) is 36.6 Å². The first-order valence-electron chi connectivity index (χ1n) is 9.81. The van der Waals surface area contributed by atoms with Gasteiger partial charge >= 0.3 is 0 Å². The molecule has 1 amide bonds. The van der Waals surface area contributed by atoms with Crippen LogP contribution in [0.5, 0.6) is 5.75 Å². The van der Waals surface area contributed by atoms with Gasteiger partial charge in [-0.25, -0.2) is 0 Å². The standard InChI is InChI=1S/C22H35NO2/c1-3-4-5-6-7-8-9-10-11-12-13-20(22(23)24)18-19-14-16-21(25-2)17-15-19/h14-18H,3-13H2,1-2H3,(H2,23,24). The number of methoxy groups -OCH3 is 1. The Morgan fingerprint density at radius 1 is 0.920 bits per heavy atom. The van der Waals surface area contributed by atoms with Crippen molar-refractivity contribution in [2.75, 3.05) is 7.11 Å². The lowest BCUT2D eigenvalue weighted by Gasteiger charge is -2.05. The number of nitrogens with two attached hydrogens (primary N) is 1. The highest BCUT2D eigenvalue weighted by Gasteiger charge is 2.05. The Kier molecular flexibility index (Phi) is 11.5. The first kappa shape index (κ1) is 21.3. The van der Waals surface area contributed by atoms with Crippen LogP contribution >= 0.6 is 0 Å². The van der Waals surface area contributed by atoms with Crippen molar-refractivity contribution in [3.63, 3.8) is 0 Å². The molecule has 0 unspecified atom stereocenters. The minimum absolute atomic E-state index is 0.313. The molecule has 1 aromatic rings. The molecule has 0 heterocycles. The molecule has 0 aromatic heterocycles. The van der Waals surface area contributed by atoms with E-state index >= 15 is 0 Å². The van der Waals surface area contributed by atoms with Crippen molar-refractivity contribution >= 4 is 12.0 Å². The molecule has 0 saturated heterocycles. The van der Waals surface area contributed by atoms with Crippen molar-refractivity contribution in [2.24, 2.45) is 5.73 Å². The molecular weight excluding hydrogens is 310 g/mol. The highest BCUT2D eigenvalue weighted by atomic mass is 16.5. The van der Waals surface area contributed by atoms with E-state index in [0.717, 1.165) is 24.2 Å². The highest BCUT2D eigenvalue weighted by Crippen LogP contribution is 2.18. The van der Waals surface area contributed by atoms with E-state index in [1.165, 1.54) is 57.8 Å². The first-order chi connectivity index (χ1) is 12.2. The van der Waals surface area contributed by atoms with Crippen LogP contribution in [0.15, 0.2) is 29.8 Å². The van der Waals surface area contributed by atoms with E-state index in [9.17, 15) is 4.79 Å². The number of hydrogen-bond acceptors (Lipinski definition) is 2. The molecule has 0 atom stereocenters. The van der Waals surface area contributed by atoms with E-state index in [4.69, 9.17) is 10.5 Å². The molecule has 0 aliphatic heterocycles. The maximum atomic E-state index is 11.6. The van der Waals surface area contributed by atoms with E-state index in [1.54, 1.807) is 7.11 Å². The Labute approximate surface area is 153 Å². The van der Waals surface area contributed by atoms with Gasteiger partial charge in [0, 0.05) is 5.57 Å². The predicted octanol–water partition coefficient (Wildman–Crippen LogP) is 5.87. The third-order valence-corrected chi connectivity index (χ3v) is 4.57. The van der Waals surface area contributed by atoms with Crippen LogP contribution in [0.3, 0.4) is 0 Å². The van der Waals surface area contributed by atoms with E-state index in [-0.39, 0.29) is 5.91 Å². The maximum Gasteiger partial charge on any atom is 0.244 e. The van der Waals surface area contributed by atoms with Gasteiger partial charge < -0.3 is 10.5 Å². The molecule has 0 bridgehead atoms. The molecule has 0 saturated carbocycles. The van der Waals surface area contributed by atoms with Gasteiger partial charge in [0.15, 0.2) is 0 Å². The Balaban J connectivity index is 2.25. The summed E-state index contributed by atoms with van der Waals surface area (Å²) in [6, 6.07) is 7.68. The van der Waals surface area contributed by atoms with Crippen molar-refractivity contribution in [1.82, 2.24) is 0 Å². The van der Waals surface area contributed by atoms with Gasteiger partial charge in [-0.3, -0.25) is 4.79 Å². The summed E-state index contributed by atoms with van der Waals surface area (Å²) in [6.45, 7) is 2.25. The van der Waals surface area contributed by atoms with Gasteiger partial charge in [-0.2, -0.15) is 0 Å². The van der Waals surface area contributed by atoms with E-state index in [0.29, 0.717) is 5.57 Å². The van der Waals surface area contributed by atoms with E-state index in [1.807, 2.05) is 30.3 Å². The molecule has 3 heteroatoms. The van der Waals surface area contributed by atoms with Crippen molar-refractivity contribution in [2.45, 2.75) is 77.6 Å².